The van der Waals surface area contributed by atoms with E-state index < -0.39 is 0 Å². The molecular formula is C14H12F2O2. The third-order valence-corrected chi connectivity index (χ3v) is 2.23. The summed E-state index contributed by atoms with van der Waals surface area (Å²) in [4.78, 5) is 0. The maximum atomic E-state index is 12.8. The van der Waals surface area contributed by atoms with E-state index in [1.165, 1.54) is 36.4 Å². The summed E-state index contributed by atoms with van der Waals surface area (Å²) in [5.74, 6) is 0.377. The smallest absolute Gasteiger partial charge is 0.126 e. The standard InChI is InChI=1S/C14H12F2O2/c15-11-4-6-13(7-5-11)17-8-9-18-14-3-1-2-12(16)10-14/h1-7,10H,8-9H2. The number of benzene rings is 2. The molecule has 2 rings (SSSR count). The van der Waals surface area contributed by atoms with Crippen LogP contribution in [0.15, 0.2) is 48.5 Å². The molecule has 2 aromatic carbocycles. The first kappa shape index (κ1) is 12.4. The number of hydrogen-bond donors (Lipinski definition) is 0. The van der Waals surface area contributed by atoms with Crippen molar-refractivity contribution < 1.29 is 18.3 Å². The lowest BCUT2D eigenvalue weighted by atomic mass is 10.3. The van der Waals surface area contributed by atoms with Crippen molar-refractivity contribution >= 4 is 0 Å². The Kier molecular flexibility index (Phi) is 4.12. The van der Waals surface area contributed by atoms with E-state index in [1.54, 1.807) is 12.1 Å². The molecule has 18 heavy (non-hydrogen) atoms. The molecule has 0 N–H and O–H groups in total. The number of ether oxygens (including phenoxy) is 2. The highest BCUT2D eigenvalue weighted by atomic mass is 19.1. The van der Waals surface area contributed by atoms with Gasteiger partial charge in [-0.15, -0.1) is 0 Å². The van der Waals surface area contributed by atoms with Crippen LogP contribution in [0.5, 0.6) is 11.5 Å². The first-order chi connectivity index (χ1) is 8.74. The van der Waals surface area contributed by atoms with E-state index in [4.69, 9.17) is 9.47 Å². The van der Waals surface area contributed by atoms with Gasteiger partial charge in [0.2, 0.25) is 0 Å². The Morgan fingerprint density at radius 1 is 0.722 bits per heavy atom. The quantitative estimate of drug-likeness (QED) is 0.757. The third-order valence-electron chi connectivity index (χ3n) is 2.23. The Hall–Kier alpha value is -2.10. The van der Waals surface area contributed by atoms with Gasteiger partial charge in [0.1, 0.15) is 36.3 Å². The Bertz CT molecular complexity index is 497. The van der Waals surface area contributed by atoms with Crippen molar-refractivity contribution in [3.8, 4) is 11.5 Å². The molecule has 0 aliphatic heterocycles. The summed E-state index contributed by atoms with van der Waals surface area (Å²) in [6.45, 7) is 0.600. The second kappa shape index (κ2) is 6.00. The summed E-state index contributed by atoms with van der Waals surface area (Å²) in [5, 5.41) is 0. The zero-order chi connectivity index (χ0) is 12.8. The molecule has 94 valence electrons. The fourth-order valence-corrected chi connectivity index (χ4v) is 1.41. The van der Waals surface area contributed by atoms with Crippen molar-refractivity contribution in [3.05, 3.63) is 60.2 Å². The van der Waals surface area contributed by atoms with Crippen molar-refractivity contribution in [3.63, 3.8) is 0 Å². The predicted octanol–water partition coefficient (Wildman–Crippen LogP) is 3.42. The maximum absolute atomic E-state index is 12.8. The Morgan fingerprint density at radius 3 is 2.06 bits per heavy atom. The van der Waals surface area contributed by atoms with Gasteiger partial charge in [0, 0.05) is 6.07 Å². The summed E-state index contributed by atoms with van der Waals surface area (Å²) >= 11 is 0. The molecule has 0 heterocycles. The molecule has 0 saturated carbocycles. The molecule has 0 atom stereocenters. The number of halogens is 2. The highest BCUT2D eigenvalue weighted by molar-refractivity contribution is 5.23. The molecule has 0 amide bonds. The molecule has 4 heteroatoms. The van der Waals surface area contributed by atoms with Crippen molar-refractivity contribution in [1.29, 1.82) is 0 Å². The van der Waals surface area contributed by atoms with E-state index in [9.17, 15) is 8.78 Å². The second-order valence-electron chi connectivity index (χ2n) is 3.61. The Labute approximate surface area is 104 Å². The van der Waals surface area contributed by atoms with Crippen LogP contribution in [-0.2, 0) is 0 Å². The van der Waals surface area contributed by atoms with Crippen LogP contribution in [0.25, 0.3) is 0 Å². The van der Waals surface area contributed by atoms with Crippen molar-refractivity contribution in [2.24, 2.45) is 0 Å². The van der Waals surface area contributed by atoms with Crippen LogP contribution in [0.4, 0.5) is 8.78 Å². The van der Waals surface area contributed by atoms with E-state index in [1.807, 2.05) is 0 Å². The maximum Gasteiger partial charge on any atom is 0.126 e. The van der Waals surface area contributed by atoms with Gasteiger partial charge in [-0.2, -0.15) is 0 Å². The van der Waals surface area contributed by atoms with Crippen LogP contribution in [0.1, 0.15) is 0 Å². The lowest BCUT2D eigenvalue weighted by Crippen LogP contribution is -2.09. The molecule has 0 unspecified atom stereocenters. The van der Waals surface area contributed by atoms with Crippen LogP contribution >= 0.6 is 0 Å². The second-order valence-corrected chi connectivity index (χ2v) is 3.61. The number of rotatable bonds is 5. The Morgan fingerprint density at radius 2 is 1.39 bits per heavy atom. The van der Waals surface area contributed by atoms with Gasteiger partial charge in [0.05, 0.1) is 0 Å². The lowest BCUT2D eigenvalue weighted by molar-refractivity contribution is 0.216. The van der Waals surface area contributed by atoms with Crippen molar-refractivity contribution in [2.45, 2.75) is 0 Å². The highest BCUT2D eigenvalue weighted by Crippen LogP contribution is 2.13. The molecule has 0 spiro atoms. The topological polar surface area (TPSA) is 18.5 Å². The minimum absolute atomic E-state index is 0.292. The summed E-state index contributed by atoms with van der Waals surface area (Å²) in [6, 6.07) is 11.6. The van der Waals surface area contributed by atoms with Gasteiger partial charge in [0.25, 0.3) is 0 Å². The molecule has 0 aliphatic carbocycles. The molecule has 2 nitrogen and oxygen atoms in total. The normalized spacial score (nSPS) is 10.1. The Balaban J connectivity index is 1.74. The predicted molar refractivity (Wildman–Crippen MR) is 63.8 cm³/mol. The lowest BCUT2D eigenvalue weighted by Gasteiger charge is -2.08. The van der Waals surface area contributed by atoms with Crippen LogP contribution < -0.4 is 9.47 Å². The summed E-state index contributed by atoms with van der Waals surface area (Å²) < 4.78 is 36.1. The van der Waals surface area contributed by atoms with Crippen molar-refractivity contribution in [1.82, 2.24) is 0 Å². The monoisotopic (exact) mass is 250 g/mol. The van der Waals surface area contributed by atoms with Crippen LogP contribution in [0.2, 0.25) is 0 Å². The van der Waals surface area contributed by atoms with Crippen LogP contribution in [0.3, 0.4) is 0 Å². The van der Waals surface area contributed by atoms with Gasteiger partial charge in [-0.3, -0.25) is 0 Å². The summed E-state index contributed by atoms with van der Waals surface area (Å²) in [7, 11) is 0. The van der Waals surface area contributed by atoms with Crippen molar-refractivity contribution in [2.75, 3.05) is 13.2 Å². The van der Waals surface area contributed by atoms with Gasteiger partial charge >= 0.3 is 0 Å². The van der Waals surface area contributed by atoms with Gasteiger partial charge < -0.3 is 9.47 Å². The molecule has 0 bridgehead atoms. The summed E-state index contributed by atoms with van der Waals surface area (Å²) in [6.07, 6.45) is 0. The van der Waals surface area contributed by atoms with Gasteiger partial charge in [-0.1, -0.05) is 6.07 Å². The van der Waals surface area contributed by atoms with Gasteiger partial charge in [-0.25, -0.2) is 8.78 Å². The molecule has 0 aromatic heterocycles. The third kappa shape index (κ3) is 3.73. The zero-order valence-corrected chi connectivity index (χ0v) is 9.61. The fraction of sp³-hybridized carbons (Fsp3) is 0.143. The first-order valence-electron chi connectivity index (χ1n) is 5.51. The number of hydrogen-bond acceptors (Lipinski definition) is 2. The van der Waals surface area contributed by atoms with E-state index in [-0.39, 0.29) is 11.6 Å². The largest absolute Gasteiger partial charge is 0.490 e. The summed E-state index contributed by atoms with van der Waals surface area (Å²) in [5.41, 5.74) is 0. The fourth-order valence-electron chi connectivity index (χ4n) is 1.41. The van der Waals surface area contributed by atoms with E-state index in [0.29, 0.717) is 24.7 Å². The van der Waals surface area contributed by atoms with E-state index >= 15 is 0 Å². The SMILES string of the molecule is Fc1ccc(OCCOc2cccc(F)c2)cc1. The van der Waals surface area contributed by atoms with E-state index in [0.717, 1.165) is 0 Å². The average molecular weight is 250 g/mol. The molecule has 0 aliphatic rings. The molecule has 0 saturated heterocycles. The van der Waals surface area contributed by atoms with E-state index in [2.05, 4.69) is 0 Å². The molecule has 2 aromatic rings. The van der Waals surface area contributed by atoms with Crippen LogP contribution in [0, 0.1) is 11.6 Å². The molecular weight excluding hydrogens is 238 g/mol. The molecule has 0 radical (unpaired) electrons. The van der Waals surface area contributed by atoms with Crippen LogP contribution in [-0.4, -0.2) is 13.2 Å². The zero-order valence-electron chi connectivity index (χ0n) is 9.61. The minimum atomic E-state index is -0.341. The molecule has 0 fully saturated rings. The van der Waals surface area contributed by atoms with Gasteiger partial charge in [-0.05, 0) is 36.4 Å². The average Bonchev–Trinajstić information content (AvgIpc) is 2.37. The highest BCUT2D eigenvalue weighted by Gasteiger charge is 1.97. The first-order valence-corrected chi connectivity index (χ1v) is 5.51. The van der Waals surface area contributed by atoms with Gasteiger partial charge in [0.15, 0.2) is 0 Å². The minimum Gasteiger partial charge on any atom is -0.490 e.